The summed E-state index contributed by atoms with van der Waals surface area (Å²) in [5.41, 5.74) is -0.558. The number of amides is 1. The summed E-state index contributed by atoms with van der Waals surface area (Å²) in [5.74, 6) is 0. The van der Waals surface area contributed by atoms with Crippen molar-refractivity contribution >= 4 is 23.0 Å². The largest absolute Gasteiger partial charge is 0.444 e. The van der Waals surface area contributed by atoms with Crippen molar-refractivity contribution in [2.45, 2.75) is 57.4 Å². The topological polar surface area (TPSA) is 66.8 Å². The van der Waals surface area contributed by atoms with Crippen molar-refractivity contribution in [1.82, 2.24) is 4.90 Å². The van der Waals surface area contributed by atoms with E-state index >= 15 is 0 Å². The minimum absolute atomic E-state index is 0.0524. The van der Waals surface area contributed by atoms with Crippen LogP contribution in [-0.2, 0) is 9.53 Å². The van der Waals surface area contributed by atoms with E-state index in [9.17, 15) is 14.7 Å². The first-order valence-corrected chi connectivity index (χ1v) is 7.38. The lowest BCUT2D eigenvalue weighted by molar-refractivity contribution is -0.109. The minimum atomic E-state index is -0.558. The zero-order valence-corrected chi connectivity index (χ0v) is 12.8. The molecule has 0 bridgehead atoms. The van der Waals surface area contributed by atoms with Crippen LogP contribution in [0.25, 0.3) is 0 Å². The summed E-state index contributed by atoms with van der Waals surface area (Å²) in [6.07, 6.45) is 1.11. The maximum atomic E-state index is 12.1. The van der Waals surface area contributed by atoms with Crippen molar-refractivity contribution in [3.8, 4) is 0 Å². The second-order valence-corrected chi connectivity index (χ2v) is 7.26. The first-order valence-electron chi connectivity index (χ1n) is 6.50. The van der Waals surface area contributed by atoms with Crippen LogP contribution in [0.1, 0.15) is 40.5 Å². The van der Waals surface area contributed by atoms with E-state index in [1.54, 1.807) is 4.90 Å². The number of aliphatic hydroxyl groups is 1. The van der Waals surface area contributed by atoms with Crippen molar-refractivity contribution < 1.29 is 19.4 Å². The van der Waals surface area contributed by atoms with E-state index in [4.69, 9.17) is 4.74 Å². The van der Waals surface area contributed by atoms with Crippen LogP contribution < -0.4 is 0 Å². The molecule has 5 nitrogen and oxygen atoms in total. The van der Waals surface area contributed by atoms with E-state index in [1.807, 2.05) is 20.8 Å². The first-order chi connectivity index (χ1) is 8.73. The SMILES string of the molecule is CC(=O)SC1CCC(CO)N(C(=O)OC(C)(C)C)C1. The number of carbonyl (C=O) groups excluding carboxylic acids is 2. The van der Waals surface area contributed by atoms with Crippen LogP contribution in [0.15, 0.2) is 0 Å². The number of rotatable bonds is 2. The van der Waals surface area contributed by atoms with Gasteiger partial charge >= 0.3 is 6.09 Å². The predicted octanol–water partition coefficient (Wildman–Crippen LogP) is 2.03. The molecule has 0 aromatic heterocycles. The second-order valence-electron chi connectivity index (χ2n) is 5.78. The monoisotopic (exact) mass is 289 g/mol. The molecule has 1 fully saturated rings. The summed E-state index contributed by atoms with van der Waals surface area (Å²) in [6.45, 7) is 7.33. The molecule has 2 unspecified atom stereocenters. The van der Waals surface area contributed by atoms with Crippen molar-refractivity contribution in [2.75, 3.05) is 13.2 Å². The van der Waals surface area contributed by atoms with Crippen molar-refractivity contribution in [3.05, 3.63) is 0 Å². The molecule has 1 saturated heterocycles. The van der Waals surface area contributed by atoms with Gasteiger partial charge in [0.2, 0.25) is 0 Å². The van der Waals surface area contributed by atoms with Crippen molar-refractivity contribution in [2.24, 2.45) is 0 Å². The Kier molecular flexibility index (Phi) is 5.67. The van der Waals surface area contributed by atoms with Gasteiger partial charge in [0.25, 0.3) is 0 Å². The van der Waals surface area contributed by atoms with E-state index in [2.05, 4.69) is 0 Å². The van der Waals surface area contributed by atoms with E-state index in [1.165, 1.54) is 18.7 Å². The fraction of sp³-hybridized carbons (Fsp3) is 0.846. The molecule has 0 aromatic rings. The van der Waals surface area contributed by atoms with Gasteiger partial charge in [-0.15, -0.1) is 0 Å². The lowest BCUT2D eigenvalue weighted by Gasteiger charge is -2.38. The van der Waals surface area contributed by atoms with Crippen LogP contribution in [0.5, 0.6) is 0 Å². The van der Waals surface area contributed by atoms with Gasteiger partial charge in [-0.1, -0.05) is 11.8 Å². The standard InChI is InChI=1S/C13H23NO4S/c1-9(16)19-11-6-5-10(8-15)14(7-11)12(17)18-13(2,3)4/h10-11,15H,5-8H2,1-4H3. The van der Waals surface area contributed by atoms with Crippen LogP contribution in [0, 0.1) is 0 Å². The number of thioether (sulfide) groups is 1. The molecule has 1 heterocycles. The summed E-state index contributed by atoms with van der Waals surface area (Å²) in [4.78, 5) is 24.8. The Morgan fingerprint density at radius 3 is 2.47 bits per heavy atom. The Morgan fingerprint density at radius 1 is 1.37 bits per heavy atom. The van der Waals surface area contributed by atoms with Crippen LogP contribution in [0.4, 0.5) is 4.79 Å². The van der Waals surface area contributed by atoms with Crippen molar-refractivity contribution in [3.63, 3.8) is 0 Å². The van der Waals surface area contributed by atoms with Gasteiger partial charge in [-0.2, -0.15) is 0 Å². The highest BCUT2D eigenvalue weighted by Crippen LogP contribution is 2.27. The van der Waals surface area contributed by atoms with Gasteiger partial charge in [-0.3, -0.25) is 4.79 Å². The van der Waals surface area contributed by atoms with E-state index in [0.29, 0.717) is 13.0 Å². The molecule has 1 amide bonds. The number of hydrogen-bond donors (Lipinski definition) is 1. The Bertz CT molecular complexity index is 340. The van der Waals surface area contributed by atoms with Gasteiger partial charge in [0.1, 0.15) is 5.60 Å². The quantitative estimate of drug-likeness (QED) is 0.842. The van der Waals surface area contributed by atoms with Gasteiger partial charge in [0, 0.05) is 18.7 Å². The van der Waals surface area contributed by atoms with Gasteiger partial charge in [0.15, 0.2) is 5.12 Å². The number of ether oxygens (including phenoxy) is 1. The molecule has 0 spiro atoms. The number of nitrogens with zero attached hydrogens (tertiary/aromatic N) is 1. The summed E-state index contributed by atoms with van der Waals surface area (Å²) in [6, 6.07) is -0.210. The summed E-state index contributed by atoms with van der Waals surface area (Å²) in [7, 11) is 0. The number of aliphatic hydroxyl groups excluding tert-OH is 1. The van der Waals surface area contributed by atoms with Gasteiger partial charge < -0.3 is 14.7 Å². The molecule has 1 rings (SSSR count). The van der Waals surface area contributed by atoms with Gasteiger partial charge in [0.05, 0.1) is 12.6 Å². The third-order valence-corrected chi connectivity index (χ3v) is 3.88. The molecule has 0 saturated carbocycles. The third kappa shape index (κ3) is 5.40. The lowest BCUT2D eigenvalue weighted by Crippen LogP contribution is -2.51. The molecular weight excluding hydrogens is 266 g/mol. The molecule has 6 heteroatoms. The van der Waals surface area contributed by atoms with Gasteiger partial charge in [-0.25, -0.2) is 4.79 Å². The number of hydrogen-bond acceptors (Lipinski definition) is 5. The molecule has 19 heavy (non-hydrogen) atoms. The van der Waals surface area contributed by atoms with E-state index in [0.717, 1.165) is 6.42 Å². The Labute approximate surface area is 118 Å². The highest BCUT2D eigenvalue weighted by molar-refractivity contribution is 8.14. The average Bonchev–Trinajstić information content (AvgIpc) is 2.25. The third-order valence-electron chi connectivity index (χ3n) is 2.83. The summed E-state index contributed by atoms with van der Waals surface area (Å²) < 4.78 is 5.34. The lowest BCUT2D eigenvalue weighted by atomic mass is 10.0. The number of likely N-dealkylation sites (tertiary alicyclic amines) is 1. The highest BCUT2D eigenvalue weighted by atomic mass is 32.2. The molecule has 1 aliphatic rings. The Morgan fingerprint density at radius 2 is 2.00 bits per heavy atom. The number of piperidine rings is 1. The minimum Gasteiger partial charge on any atom is -0.444 e. The molecular formula is C13H23NO4S. The summed E-state index contributed by atoms with van der Waals surface area (Å²) in [5, 5.41) is 9.50. The Hall–Kier alpha value is -0.750. The fourth-order valence-corrected chi connectivity index (χ4v) is 3.02. The molecule has 2 atom stereocenters. The van der Waals surface area contributed by atoms with E-state index in [-0.39, 0.29) is 23.0 Å². The fourth-order valence-electron chi connectivity index (χ4n) is 2.06. The number of carbonyl (C=O) groups is 2. The zero-order valence-electron chi connectivity index (χ0n) is 12.0. The normalized spacial score (nSPS) is 24.2. The Balaban J connectivity index is 2.69. The first kappa shape index (κ1) is 16.3. The summed E-state index contributed by atoms with van der Waals surface area (Å²) >= 11 is 1.26. The molecule has 0 aromatic carbocycles. The van der Waals surface area contributed by atoms with Crippen LogP contribution >= 0.6 is 11.8 Å². The van der Waals surface area contributed by atoms with Crippen LogP contribution in [0.2, 0.25) is 0 Å². The molecule has 110 valence electrons. The highest BCUT2D eigenvalue weighted by Gasteiger charge is 2.34. The molecule has 0 aliphatic carbocycles. The maximum absolute atomic E-state index is 12.1. The van der Waals surface area contributed by atoms with E-state index < -0.39 is 11.7 Å². The predicted molar refractivity (Wildman–Crippen MR) is 75.1 cm³/mol. The maximum Gasteiger partial charge on any atom is 0.410 e. The smallest absolute Gasteiger partial charge is 0.410 e. The molecule has 1 aliphatic heterocycles. The van der Waals surface area contributed by atoms with Crippen LogP contribution in [0.3, 0.4) is 0 Å². The second kappa shape index (κ2) is 6.61. The molecule has 0 radical (unpaired) electrons. The van der Waals surface area contributed by atoms with Gasteiger partial charge in [-0.05, 0) is 33.6 Å². The average molecular weight is 289 g/mol. The molecule has 1 N–H and O–H groups in total. The zero-order chi connectivity index (χ0) is 14.6. The van der Waals surface area contributed by atoms with Crippen molar-refractivity contribution in [1.29, 1.82) is 0 Å². The van der Waals surface area contributed by atoms with Crippen LogP contribution in [-0.4, -0.2) is 51.3 Å².